The Morgan fingerprint density at radius 3 is 3.00 bits per heavy atom. The normalized spacial score (nSPS) is 16.1. The molecule has 2 aromatic rings. The number of carbonyl (C=O) groups is 2. The highest BCUT2D eigenvalue weighted by Crippen LogP contribution is 2.20. The van der Waals surface area contributed by atoms with Crippen LogP contribution in [-0.4, -0.2) is 71.2 Å². The summed E-state index contributed by atoms with van der Waals surface area (Å²) < 4.78 is 12.2. The molecule has 1 fully saturated rings. The van der Waals surface area contributed by atoms with Crippen LogP contribution in [0.15, 0.2) is 30.5 Å². The number of hydrogen-bond acceptors (Lipinski definition) is 6. The quantitative estimate of drug-likeness (QED) is 0.630. The highest BCUT2D eigenvalue weighted by molar-refractivity contribution is 5.91. The minimum absolute atomic E-state index is 0.00443. The van der Waals surface area contributed by atoms with Crippen molar-refractivity contribution in [3.8, 4) is 5.75 Å². The number of hydrogen-bond donors (Lipinski definition) is 1. The largest absolute Gasteiger partial charge is 0.484 e. The van der Waals surface area contributed by atoms with Crippen molar-refractivity contribution in [1.29, 1.82) is 0 Å². The topological polar surface area (TPSA) is 98.6 Å². The van der Waals surface area contributed by atoms with Crippen LogP contribution in [-0.2, 0) is 16.1 Å². The first kappa shape index (κ1) is 20.8. The molecule has 9 heteroatoms. The molecule has 0 radical (unpaired) electrons. The number of carbonyl (C=O) groups excluding carboxylic acids is 2. The molecule has 2 heterocycles. The van der Waals surface area contributed by atoms with Crippen LogP contribution in [0.25, 0.3) is 0 Å². The van der Waals surface area contributed by atoms with Crippen LogP contribution in [0.3, 0.4) is 0 Å². The SMILES string of the molecule is COCCNC(=O)c1cn(C[C@@H]2CCCN2C(=O)COc2cccc(C)c2)nn1. The van der Waals surface area contributed by atoms with E-state index >= 15 is 0 Å². The van der Waals surface area contributed by atoms with E-state index in [-0.39, 0.29) is 30.2 Å². The molecule has 9 nitrogen and oxygen atoms in total. The van der Waals surface area contributed by atoms with Crippen molar-refractivity contribution >= 4 is 11.8 Å². The van der Waals surface area contributed by atoms with Crippen LogP contribution < -0.4 is 10.1 Å². The zero-order valence-electron chi connectivity index (χ0n) is 16.8. The third kappa shape index (κ3) is 5.77. The molecular weight excluding hydrogens is 374 g/mol. The van der Waals surface area contributed by atoms with Crippen LogP contribution in [0.5, 0.6) is 5.75 Å². The molecule has 1 saturated heterocycles. The van der Waals surface area contributed by atoms with Gasteiger partial charge in [-0.1, -0.05) is 17.3 Å². The Morgan fingerprint density at radius 1 is 1.34 bits per heavy atom. The van der Waals surface area contributed by atoms with Crippen LogP contribution in [0.2, 0.25) is 0 Å². The molecule has 156 valence electrons. The number of benzene rings is 1. The first-order chi connectivity index (χ1) is 14.1. The molecule has 1 aromatic carbocycles. The monoisotopic (exact) mass is 401 g/mol. The molecule has 1 aromatic heterocycles. The Morgan fingerprint density at radius 2 is 2.21 bits per heavy atom. The third-order valence-corrected chi connectivity index (χ3v) is 4.81. The summed E-state index contributed by atoms with van der Waals surface area (Å²) in [6.45, 7) is 4.02. The fourth-order valence-electron chi connectivity index (χ4n) is 3.35. The fourth-order valence-corrected chi connectivity index (χ4v) is 3.35. The summed E-state index contributed by atoms with van der Waals surface area (Å²) in [4.78, 5) is 26.5. The predicted octanol–water partition coefficient (Wildman–Crippen LogP) is 1.03. The Balaban J connectivity index is 1.52. The molecule has 29 heavy (non-hydrogen) atoms. The van der Waals surface area contributed by atoms with E-state index in [0.717, 1.165) is 18.4 Å². The number of rotatable bonds is 9. The molecule has 0 unspecified atom stereocenters. The van der Waals surface area contributed by atoms with E-state index < -0.39 is 0 Å². The summed E-state index contributed by atoms with van der Waals surface area (Å²) in [6, 6.07) is 7.64. The van der Waals surface area contributed by atoms with E-state index in [1.54, 1.807) is 18.0 Å². The molecule has 0 saturated carbocycles. The molecule has 1 N–H and O–H groups in total. The van der Waals surface area contributed by atoms with Gasteiger partial charge in [-0.3, -0.25) is 9.59 Å². The number of likely N-dealkylation sites (tertiary alicyclic amines) is 1. The van der Waals surface area contributed by atoms with Gasteiger partial charge in [0.15, 0.2) is 12.3 Å². The molecule has 1 atom stereocenters. The number of aryl methyl sites for hydroxylation is 1. The number of ether oxygens (including phenoxy) is 2. The molecule has 1 aliphatic heterocycles. The van der Waals surface area contributed by atoms with E-state index in [0.29, 0.717) is 32.0 Å². The van der Waals surface area contributed by atoms with Crippen molar-refractivity contribution in [3.63, 3.8) is 0 Å². The van der Waals surface area contributed by atoms with Crippen molar-refractivity contribution in [2.24, 2.45) is 0 Å². The summed E-state index contributed by atoms with van der Waals surface area (Å²) in [6.07, 6.45) is 3.41. The van der Waals surface area contributed by atoms with Gasteiger partial charge in [-0.05, 0) is 37.5 Å². The maximum absolute atomic E-state index is 12.6. The second kappa shape index (κ2) is 10.0. The van der Waals surface area contributed by atoms with Crippen molar-refractivity contribution in [1.82, 2.24) is 25.2 Å². The molecule has 0 aliphatic carbocycles. The number of aromatic nitrogens is 3. The minimum Gasteiger partial charge on any atom is -0.484 e. The Labute approximate surface area is 170 Å². The summed E-state index contributed by atoms with van der Waals surface area (Å²) in [5.74, 6) is 0.348. The number of nitrogens with zero attached hydrogens (tertiary/aromatic N) is 4. The van der Waals surface area contributed by atoms with Gasteiger partial charge in [-0.2, -0.15) is 0 Å². The van der Waals surface area contributed by atoms with Crippen LogP contribution in [0.4, 0.5) is 0 Å². The van der Waals surface area contributed by atoms with E-state index in [1.807, 2.05) is 36.1 Å². The van der Waals surface area contributed by atoms with Gasteiger partial charge in [0, 0.05) is 20.2 Å². The third-order valence-electron chi connectivity index (χ3n) is 4.81. The van der Waals surface area contributed by atoms with Crippen molar-refractivity contribution in [3.05, 3.63) is 41.7 Å². The number of nitrogens with one attached hydrogen (secondary N) is 1. The number of amides is 2. The molecule has 2 amide bonds. The highest BCUT2D eigenvalue weighted by Gasteiger charge is 2.29. The number of methoxy groups -OCH3 is 1. The first-order valence-corrected chi connectivity index (χ1v) is 9.73. The highest BCUT2D eigenvalue weighted by atomic mass is 16.5. The lowest BCUT2D eigenvalue weighted by molar-refractivity contribution is -0.134. The van der Waals surface area contributed by atoms with Gasteiger partial charge in [-0.15, -0.1) is 5.10 Å². The van der Waals surface area contributed by atoms with E-state index in [4.69, 9.17) is 9.47 Å². The Hall–Kier alpha value is -2.94. The van der Waals surface area contributed by atoms with Crippen molar-refractivity contribution < 1.29 is 19.1 Å². The summed E-state index contributed by atoms with van der Waals surface area (Å²) in [5.41, 5.74) is 1.34. The lowest BCUT2D eigenvalue weighted by Crippen LogP contribution is -2.40. The lowest BCUT2D eigenvalue weighted by Gasteiger charge is -2.24. The van der Waals surface area contributed by atoms with Gasteiger partial charge in [-0.25, -0.2) is 4.68 Å². The smallest absolute Gasteiger partial charge is 0.273 e. The van der Waals surface area contributed by atoms with Crippen molar-refractivity contribution in [2.45, 2.75) is 32.4 Å². The van der Waals surface area contributed by atoms with Crippen LogP contribution >= 0.6 is 0 Å². The predicted molar refractivity (Wildman–Crippen MR) is 106 cm³/mol. The summed E-state index contributed by atoms with van der Waals surface area (Å²) in [5, 5.41) is 10.7. The zero-order chi connectivity index (χ0) is 20.6. The van der Waals surface area contributed by atoms with E-state index in [2.05, 4.69) is 15.6 Å². The van der Waals surface area contributed by atoms with Crippen LogP contribution in [0, 0.1) is 6.92 Å². The lowest BCUT2D eigenvalue weighted by atomic mass is 10.2. The van der Waals surface area contributed by atoms with Gasteiger partial charge in [0.2, 0.25) is 0 Å². The molecule has 0 bridgehead atoms. The summed E-state index contributed by atoms with van der Waals surface area (Å²) >= 11 is 0. The molecule has 1 aliphatic rings. The second-order valence-electron chi connectivity index (χ2n) is 7.06. The zero-order valence-corrected chi connectivity index (χ0v) is 16.8. The Kier molecular flexibility index (Phi) is 7.18. The summed E-state index contributed by atoms with van der Waals surface area (Å²) in [7, 11) is 1.57. The first-order valence-electron chi connectivity index (χ1n) is 9.73. The minimum atomic E-state index is -0.292. The van der Waals surface area contributed by atoms with Gasteiger partial charge < -0.3 is 19.7 Å². The fraction of sp³-hybridized carbons (Fsp3) is 0.500. The van der Waals surface area contributed by atoms with Gasteiger partial charge in [0.1, 0.15) is 5.75 Å². The van der Waals surface area contributed by atoms with E-state index in [9.17, 15) is 9.59 Å². The van der Waals surface area contributed by atoms with Crippen LogP contribution in [0.1, 0.15) is 28.9 Å². The molecular formula is C20H27N5O4. The molecule has 3 rings (SSSR count). The van der Waals surface area contributed by atoms with Gasteiger partial charge in [0.25, 0.3) is 11.8 Å². The Bertz CT molecular complexity index is 838. The van der Waals surface area contributed by atoms with Crippen molar-refractivity contribution in [2.75, 3.05) is 33.4 Å². The van der Waals surface area contributed by atoms with Gasteiger partial charge >= 0.3 is 0 Å². The average Bonchev–Trinajstić information content (AvgIpc) is 3.36. The van der Waals surface area contributed by atoms with E-state index in [1.165, 1.54) is 0 Å². The standard InChI is InChI=1S/C20H27N5O4/c1-15-5-3-7-17(11-15)29-14-19(26)25-9-4-6-16(25)12-24-13-18(22-23-24)20(27)21-8-10-28-2/h3,5,7,11,13,16H,4,6,8-10,12,14H2,1-2H3,(H,21,27)/t16-/m0/s1. The maximum Gasteiger partial charge on any atom is 0.273 e. The molecule has 0 spiro atoms. The van der Waals surface area contributed by atoms with Gasteiger partial charge in [0.05, 0.1) is 25.4 Å². The second-order valence-corrected chi connectivity index (χ2v) is 7.06. The maximum atomic E-state index is 12.6. The average molecular weight is 401 g/mol.